The van der Waals surface area contributed by atoms with Crippen molar-refractivity contribution >= 4 is 23.0 Å². The van der Waals surface area contributed by atoms with Crippen LogP contribution in [0.3, 0.4) is 0 Å². The molecule has 2 unspecified atom stereocenters. The van der Waals surface area contributed by atoms with Gasteiger partial charge in [-0.3, -0.25) is 4.79 Å². The van der Waals surface area contributed by atoms with Crippen molar-refractivity contribution in [3.05, 3.63) is 36.3 Å². The lowest BCUT2D eigenvalue weighted by Crippen LogP contribution is -2.52. The van der Waals surface area contributed by atoms with Crippen molar-refractivity contribution in [3.8, 4) is 11.3 Å². The van der Waals surface area contributed by atoms with Gasteiger partial charge in [0.2, 0.25) is 5.95 Å². The molecule has 0 amide bonds. The van der Waals surface area contributed by atoms with Gasteiger partial charge in [-0.25, -0.2) is 23.7 Å². The number of carbonyl (C=O) groups excluding carboxylic acids is 1. The lowest BCUT2D eigenvalue weighted by atomic mass is 9.61. The molecule has 3 aliphatic carbocycles. The lowest BCUT2D eigenvalue weighted by molar-refractivity contribution is -0.152. The Hall–Kier alpha value is -3.10. The summed E-state index contributed by atoms with van der Waals surface area (Å²) in [5.74, 6) is -0.842. The first-order valence-electron chi connectivity index (χ1n) is 10.0. The summed E-state index contributed by atoms with van der Waals surface area (Å²) in [5.41, 5.74) is 0.880. The van der Waals surface area contributed by atoms with Gasteiger partial charge in [0.1, 0.15) is 17.2 Å². The average Bonchev–Trinajstić information content (AvgIpc) is 3.18. The number of anilines is 1. The number of aromatic amines is 1. The number of hydrogen-bond donors (Lipinski definition) is 2. The van der Waals surface area contributed by atoms with Crippen LogP contribution in [0, 0.1) is 29.4 Å². The zero-order valence-electron chi connectivity index (χ0n) is 16.4. The van der Waals surface area contributed by atoms with E-state index >= 15 is 0 Å². The van der Waals surface area contributed by atoms with Crippen LogP contribution in [0.1, 0.15) is 25.7 Å². The molecule has 2 atom stereocenters. The van der Waals surface area contributed by atoms with Crippen LogP contribution in [0.15, 0.2) is 24.7 Å². The molecule has 0 aliphatic heterocycles. The first kappa shape index (κ1) is 18.9. The zero-order chi connectivity index (χ0) is 20.8. The highest BCUT2D eigenvalue weighted by Crippen LogP contribution is 2.46. The van der Waals surface area contributed by atoms with Gasteiger partial charge in [0.25, 0.3) is 0 Å². The number of halogens is 2. The third-order valence-corrected chi connectivity index (χ3v) is 6.49. The third kappa shape index (κ3) is 3.09. The first-order valence-corrected chi connectivity index (χ1v) is 10.0. The quantitative estimate of drug-likeness (QED) is 0.634. The molecule has 0 aromatic carbocycles. The van der Waals surface area contributed by atoms with Crippen LogP contribution in [-0.4, -0.2) is 39.1 Å². The van der Waals surface area contributed by atoms with Crippen LogP contribution in [-0.2, 0) is 9.53 Å². The molecular formula is C21H21F2N5O2. The summed E-state index contributed by atoms with van der Waals surface area (Å²) in [5, 5.41) is 3.71. The maximum atomic E-state index is 14.6. The molecule has 3 saturated carbocycles. The minimum Gasteiger partial charge on any atom is -0.469 e. The Kier molecular flexibility index (Phi) is 4.60. The van der Waals surface area contributed by atoms with Gasteiger partial charge < -0.3 is 15.0 Å². The number of aromatic nitrogens is 4. The molecule has 2 N–H and O–H groups in total. The minimum absolute atomic E-state index is 0.0433. The predicted octanol–water partition coefficient (Wildman–Crippen LogP) is 3.69. The van der Waals surface area contributed by atoms with Crippen LogP contribution in [0.25, 0.3) is 22.3 Å². The van der Waals surface area contributed by atoms with Crippen LogP contribution in [0.4, 0.5) is 14.7 Å². The van der Waals surface area contributed by atoms with Gasteiger partial charge in [-0.05, 0) is 43.6 Å². The van der Waals surface area contributed by atoms with Gasteiger partial charge in [-0.1, -0.05) is 0 Å². The van der Waals surface area contributed by atoms with Crippen LogP contribution < -0.4 is 5.32 Å². The van der Waals surface area contributed by atoms with Crippen molar-refractivity contribution in [1.29, 1.82) is 0 Å². The van der Waals surface area contributed by atoms with Crippen molar-refractivity contribution in [1.82, 2.24) is 19.9 Å². The van der Waals surface area contributed by atoms with Gasteiger partial charge >= 0.3 is 5.97 Å². The van der Waals surface area contributed by atoms with E-state index in [4.69, 9.17) is 4.74 Å². The number of carbonyl (C=O) groups is 1. The fourth-order valence-corrected chi connectivity index (χ4v) is 5.08. The van der Waals surface area contributed by atoms with Gasteiger partial charge in [0, 0.05) is 23.2 Å². The summed E-state index contributed by atoms with van der Waals surface area (Å²) in [7, 11) is 1.40. The number of methoxy groups -OCH3 is 1. The zero-order valence-corrected chi connectivity index (χ0v) is 16.4. The maximum Gasteiger partial charge on any atom is 0.311 e. The number of pyridine rings is 1. The molecular weight excluding hydrogens is 392 g/mol. The molecule has 156 valence electrons. The molecule has 30 heavy (non-hydrogen) atoms. The van der Waals surface area contributed by atoms with Crippen molar-refractivity contribution in [2.24, 2.45) is 17.8 Å². The van der Waals surface area contributed by atoms with E-state index in [2.05, 4.69) is 25.3 Å². The first-order chi connectivity index (χ1) is 14.5. The van der Waals surface area contributed by atoms with Gasteiger partial charge in [-0.2, -0.15) is 0 Å². The molecule has 9 heteroatoms. The number of esters is 1. The highest BCUT2D eigenvalue weighted by Gasteiger charge is 2.48. The van der Waals surface area contributed by atoms with Crippen molar-refractivity contribution in [2.75, 3.05) is 12.4 Å². The second-order valence-electron chi connectivity index (χ2n) is 8.04. The predicted molar refractivity (Wildman–Crippen MR) is 105 cm³/mol. The van der Waals surface area contributed by atoms with E-state index in [1.54, 1.807) is 6.20 Å². The van der Waals surface area contributed by atoms with Gasteiger partial charge in [0.05, 0.1) is 25.4 Å². The van der Waals surface area contributed by atoms with E-state index in [-0.39, 0.29) is 35.5 Å². The Morgan fingerprint density at radius 2 is 1.93 bits per heavy atom. The molecule has 3 fully saturated rings. The van der Waals surface area contributed by atoms with Crippen LogP contribution in [0.5, 0.6) is 0 Å². The second kappa shape index (κ2) is 7.30. The van der Waals surface area contributed by atoms with E-state index in [1.165, 1.54) is 13.2 Å². The van der Waals surface area contributed by atoms with E-state index in [9.17, 15) is 13.6 Å². The lowest BCUT2D eigenvalue weighted by Gasteiger charge is -2.47. The Balaban J connectivity index is 1.50. The molecule has 0 spiro atoms. The molecule has 2 bridgehead atoms. The average molecular weight is 413 g/mol. The number of rotatable bonds is 4. The minimum atomic E-state index is -0.625. The fraction of sp³-hybridized carbons (Fsp3) is 0.429. The molecule has 3 heterocycles. The van der Waals surface area contributed by atoms with Gasteiger partial charge in [-0.15, -0.1) is 0 Å². The smallest absolute Gasteiger partial charge is 0.311 e. The molecule has 6 rings (SSSR count). The Morgan fingerprint density at radius 3 is 2.70 bits per heavy atom. The topological polar surface area (TPSA) is 92.8 Å². The van der Waals surface area contributed by atoms with Crippen molar-refractivity contribution < 1.29 is 18.3 Å². The molecule has 0 radical (unpaired) electrons. The number of nitrogens with zero attached hydrogens (tertiary/aromatic N) is 3. The summed E-state index contributed by atoms with van der Waals surface area (Å²) < 4.78 is 33.3. The highest BCUT2D eigenvalue weighted by atomic mass is 19.1. The van der Waals surface area contributed by atoms with Crippen molar-refractivity contribution in [2.45, 2.75) is 31.7 Å². The molecule has 3 aromatic heterocycles. The van der Waals surface area contributed by atoms with E-state index in [0.717, 1.165) is 38.1 Å². The van der Waals surface area contributed by atoms with E-state index in [0.29, 0.717) is 22.5 Å². The molecule has 3 aliphatic rings. The summed E-state index contributed by atoms with van der Waals surface area (Å²) in [4.78, 5) is 27.8. The molecule has 7 nitrogen and oxygen atoms in total. The number of H-pyrrole nitrogens is 1. The highest BCUT2D eigenvalue weighted by molar-refractivity contribution is 5.92. The largest absolute Gasteiger partial charge is 0.469 e. The fourth-order valence-electron chi connectivity index (χ4n) is 5.08. The van der Waals surface area contributed by atoms with E-state index in [1.807, 2.05) is 0 Å². The summed E-state index contributed by atoms with van der Waals surface area (Å²) in [6.07, 6.45) is 7.79. The van der Waals surface area contributed by atoms with Crippen LogP contribution in [0.2, 0.25) is 0 Å². The van der Waals surface area contributed by atoms with Gasteiger partial charge in [0.15, 0.2) is 5.82 Å². The number of nitrogens with one attached hydrogen (secondary N) is 2. The SMILES string of the molecule is COC(=O)C1C2CCC(CC2)C1Nc1ncc(F)c(-c2c[nH]c3ncc(F)cc23)n1. The third-order valence-electron chi connectivity index (χ3n) is 6.49. The standard InChI is InChI=1S/C21H21F2N5O2/c1-30-20(29)16-10-2-4-11(5-3-10)17(16)27-21-26-9-15(23)18(28-21)14-8-25-19-13(14)6-12(22)7-24-19/h6-11,16-17H,2-5H2,1H3,(H,24,25)(H,26,27,28). The summed E-state index contributed by atoms with van der Waals surface area (Å²) in [6, 6.07) is 1.13. The summed E-state index contributed by atoms with van der Waals surface area (Å²) >= 11 is 0. The number of fused-ring (bicyclic) bond motifs is 4. The second-order valence-corrected chi connectivity index (χ2v) is 8.04. The van der Waals surface area contributed by atoms with Crippen LogP contribution >= 0.6 is 0 Å². The molecule has 3 aromatic rings. The normalized spacial score (nSPS) is 25.4. The molecule has 0 saturated heterocycles. The summed E-state index contributed by atoms with van der Waals surface area (Å²) in [6.45, 7) is 0. The Morgan fingerprint density at radius 1 is 1.17 bits per heavy atom. The Bertz CT molecular complexity index is 1110. The Labute approximate surface area is 171 Å². The number of hydrogen-bond acceptors (Lipinski definition) is 6. The number of ether oxygens (including phenoxy) is 1. The van der Waals surface area contributed by atoms with E-state index < -0.39 is 11.6 Å². The maximum absolute atomic E-state index is 14.6. The van der Waals surface area contributed by atoms with Crippen molar-refractivity contribution in [3.63, 3.8) is 0 Å². The monoisotopic (exact) mass is 413 g/mol.